The van der Waals surface area contributed by atoms with Crippen molar-refractivity contribution in [2.75, 3.05) is 0 Å². The molecule has 0 saturated carbocycles. The Morgan fingerprint density at radius 2 is 1.92 bits per heavy atom. The molecule has 1 atom stereocenters. The van der Waals surface area contributed by atoms with Gasteiger partial charge < -0.3 is 4.74 Å². The van der Waals surface area contributed by atoms with Crippen LogP contribution in [0.5, 0.6) is 0 Å². The lowest BCUT2D eigenvalue weighted by atomic mass is 10.1. The third kappa shape index (κ3) is 3.60. The number of carbonyl (C=O) groups excluding carboxylic acids is 1. The van der Waals surface area contributed by atoms with Gasteiger partial charge in [0.05, 0.1) is 10.2 Å². The summed E-state index contributed by atoms with van der Waals surface area (Å²) in [6.07, 6.45) is 1.87. The minimum Gasteiger partial charge on any atom is -0.457 e. The van der Waals surface area contributed by atoms with Gasteiger partial charge in [0.2, 0.25) is 0 Å². The normalized spacial score (nSPS) is 12.2. The van der Waals surface area contributed by atoms with Gasteiger partial charge in [-0.2, -0.15) is 0 Å². The number of nitrogens with zero attached hydrogens (tertiary/aromatic N) is 5. The zero-order valence-electron chi connectivity index (χ0n) is 13.7. The van der Waals surface area contributed by atoms with E-state index in [0.29, 0.717) is 6.42 Å². The van der Waals surface area contributed by atoms with E-state index < -0.39 is 6.04 Å². The molecule has 0 radical (unpaired) electrons. The van der Waals surface area contributed by atoms with E-state index in [1.165, 1.54) is 22.3 Å². The summed E-state index contributed by atoms with van der Waals surface area (Å²) in [5.41, 5.74) is 1.91. The second-order valence-corrected chi connectivity index (χ2v) is 6.79. The minimum atomic E-state index is -0.623. The maximum Gasteiger partial charge on any atom is 0.331 e. The lowest BCUT2D eigenvalue weighted by molar-refractivity contribution is -0.149. The molecule has 130 valence electrons. The number of thiazole rings is 1. The number of para-hydroxylation sites is 1. The van der Waals surface area contributed by atoms with E-state index in [2.05, 4.69) is 20.5 Å². The van der Waals surface area contributed by atoms with Crippen LogP contribution in [-0.4, -0.2) is 31.2 Å². The molecule has 0 saturated heterocycles. The number of esters is 1. The second-order valence-electron chi connectivity index (χ2n) is 5.68. The molecule has 0 spiro atoms. The van der Waals surface area contributed by atoms with Crippen LogP contribution in [0, 0.1) is 0 Å². The third-order valence-corrected chi connectivity index (χ3v) is 4.91. The fourth-order valence-corrected chi connectivity index (χ4v) is 3.52. The molecule has 2 aromatic heterocycles. The Labute approximate surface area is 153 Å². The van der Waals surface area contributed by atoms with Crippen molar-refractivity contribution in [3.8, 4) is 0 Å². The number of benzene rings is 2. The molecule has 0 bridgehead atoms. The van der Waals surface area contributed by atoms with Crippen molar-refractivity contribution in [2.45, 2.75) is 19.1 Å². The first-order valence-electron chi connectivity index (χ1n) is 8.07. The molecule has 4 aromatic rings. The number of fused-ring (bicyclic) bond motifs is 1. The molecule has 0 amide bonds. The molecule has 0 unspecified atom stereocenters. The standard InChI is InChI=1S/C18H15N5O2S/c24-18(25-11-17-20-14-8-4-5-9-16(14)26-17)15(23-12-19-21-22-23)10-13-6-2-1-3-7-13/h1-9,12,15H,10-11H2/t15-/m1/s1. The van der Waals surface area contributed by atoms with Gasteiger partial charge in [0.25, 0.3) is 0 Å². The molecule has 7 nitrogen and oxygen atoms in total. The number of ether oxygens (including phenoxy) is 1. The Morgan fingerprint density at radius 3 is 2.69 bits per heavy atom. The number of hydrogen-bond acceptors (Lipinski definition) is 7. The van der Waals surface area contributed by atoms with Crippen molar-refractivity contribution in [2.24, 2.45) is 0 Å². The summed E-state index contributed by atoms with van der Waals surface area (Å²) in [6.45, 7) is 0.131. The van der Waals surface area contributed by atoms with Gasteiger partial charge in [-0.15, -0.1) is 16.4 Å². The van der Waals surface area contributed by atoms with E-state index in [4.69, 9.17) is 4.74 Å². The smallest absolute Gasteiger partial charge is 0.331 e. The topological polar surface area (TPSA) is 82.8 Å². The van der Waals surface area contributed by atoms with Crippen LogP contribution < -0.4 is 0 Å². The Balaban J connectivity index is 1.49. The molecule has 2 aromatic carbocycles. The van der Waals surface area contributed by atoms with Crippen LogP contribution in [0.4, 0.5) is 0 Å². The maximum absolute atomic E-state index is 12.7. The van der Waals surface area contributed by atoms with Crippen molar-refractivity contribution in [3.63, 3.8) is 0 Å². The van der Waals surface area contributed by atoms with E-state index >= 15 is 0 Å². The van der Waals surface area contributed by atoms with Crippen molar-refractivity contribution >= 4 is 27.5 Å². The molecule has 4 rings (SSSR count). The van der Waals surface area contributed by atoms with Crippen LogP contribution >= 0.6 is 11.3 Å². The monoisotopic (exact) mass is 365 g/mol. The quantitative estimate of drug-likeness (QED) is 0.489. The van der Waals surface area contributed by atoms with Gasteiger partial charge in [0.15, 0.2) is 6.04 Å². The van der Waals surface area contributed by atoms with Gasteiger partial charge in [-0.05, 0) is 28.1 Å². The van der Waals surface area contributed by atoms with Gasteiger partial charge in [-0.25, -0.2) is 14.5 Å². The largest absolute Gasteiger partial charge is 0.457 e. The number of carbonyl (C=O) groups is 1. The molecule has 2 heterocycles. The van der Waals surface area contributed by atoms with Gasteiger partial charge in [-0.1, -0.05) is 42.5 Å². The van der Waals surface area contributed by atoms with Crippen LogP contribution in [0.15, 0.2) is 60.9 Å². The molecule has 8 heteroatoms. The van der Waals surface area contributed by atoms with Crippen LogP contribution in [0.1, 0.15) is 16.6 Å². The van der Waals surface area contributed by atoms with E-state index in [0.717, 1.165) is 20.8 Å². The Morgan fingerprint density at radius 1 is 1.12 bits per heavy atom. The highest BCUT2D eigenvalue weighted by Crippen LogP contribution is 2.23. The summed E-state index contributed by atoms with van der Waals surface area (Å²) >= 11 is 1.52. The molecular formula is C18H15N5O2S. The van der Waals surface area contributed by atoms with Crippen LogP contribution in [0.3, 0.4) is 0 Å². The molecule has 0 fully saturated rings. The highest BCUT2D eigenvalue weighted by atomic mass is 32.1. The lowest BCUT2D eigenvalue weighted by Crippen LogP contribution is -2.24. The van der Waals surface area contributed by atoms with Crippen molar-refractivity contribution in [3.05, 3.63) is 71.5 Å². The predicted molar refractivity (Wildman–Crippen MR) is 96.4 cm³/mol. The highest BCUT2D eigenvalue weighted by molar-refractivity contribution is 7.18. The van der Waals surface area contributed by atoms with Gasteiger partial charge in [0, 0.05) is 6.42 Å². The van der Waals surface area contributed by atoms with Crippen LogP contribution in [0.2, 0.25) is 0 Å². The first-order chi connectivity index (χ1) is 12.8. The SMILES string of the molecule is O=C(OCc1nc2ccccc2s1)[C@@H](Cc1ccccc1)n1cnnn1. The van der Waals surface area contributed by atoms with Gasteiger partial charge >= 0.3 is 5.97 Å². The van der Waals surface area contributed by atoms with Crippen LogP contribution in [0.25, 0.3) is 10.2 Å². The average molecular weight is 365 g/mol. The summed E-state index contributed by atoms with van der Waals surface area (Å²) in [5, 5.41) is 11.9. The van der Waals surface area contributed by atoms with Crippen LogP contribution in [-0.2, 0) is 22.6 Å². The van der Waals surface area contributed by atoms with E-state index in [-0.39, 0.29) is 12.6 Å². The van der Waals surface area contributed by atoms with Crippen molar-refractivity contribution < 1.29 is 9.53 Å². The third-order valence-electron chi connectivity index (χ3n) is 3.90. The maximum atomic E-state index is 12.7. The Bertz CT molecular complexity index is 968. The van der Waals surface area contributed by atoms with Gasteiger partial charge in [0.1, 0.15) is 17.9 Å². The van der Waals surface area contributed by atoms with Crippen molar-refractivity contribution in [1.29, 1.82) is 0 Å². The predicted octanol–water partition coefficient (Wildman–Crippen LogP) is 2.81. The molecule has 0 aliphatic rings. The summed E-state index contributed by atoms with van der Waals surface area (Å²) in [6, 6.07) is 16.9. The van der Waals surface area contributed by atoms with Gasteiger partial charge in [-0.3, -0.25) is 0 Å². The number of hydrogen-bond donors (Lipinski definition) is 0. The van der Waals surface area contributed by atoms with Crippen molar-refractivity contribution in [1.82, 2.24) is 25.2 Å². The number of rotatable bonds is 6. The molecule has 26 heavy (non-hydrogen) atoms. The summed E-state index contributed by atoms with van der Waals surface area (Å²) in [7, 11) is 0. The zero-order chi connectivity index (χ0) is 17.8. The summed E-state index contributed by atoms with van der Waals surface area (Å²) in [5.74, 6) is -0.389. The minimum absolute atomic E-state index is 0.131. The van der Waals surface area contributed by atoms with E-state index in [1.54, 1.807) is 0 Å². The first kappa shape index (κ1) is 16.3. The molecular weight excluding hydrogens is 350 g/mol. The first-order valence-corrected chi connectivity index (χ1v) is 8.89. The number of aromatic nitrogens is 5. The molecule has 0 aliphatic heterocycles. The fourth-order valence-electron chi connectivity index (χ4n) is 2.64. The summed E-state index contributed by atoms with van der Waals surface area (Å²) < 4.78 is 8.00. The second kappa shape index (κ2) is 7.40. The lowest BCUT2D eigenvalue weighted by Gasteiger charge is -2.15. The highest BCUT2D eigenvalue weighted by Gasteiger charge is 2.24. The number of tetrazole rings is 1. The molecule has 0 N–H and O–H groups in total. The molecule has 0 aliphatic carbocycles. The summed E-state index contributed by atoms with van der Waals surface area (Å²) in [4.78, 5) is 17.2. The Kier molecular flexibility index (Phi) is 4.65. The van der Waals surface area contributed by atoms with E-state index in [1.807, 2.05) is 54.6 Å². The zero-order valence-corrected chi connectivity index (χ0v) is 14.5. The van der Waals surface area contributed by atoms with E-state index in [9.17, 15) is 4.79 Å². The average Bonchev–Trinajstić information content (AvgIpc) is 3.34. The fraction of sp³-hybridized carbons (Fsp3) is 0.167. The Hall–Kier alpha value is -3.13.